The summed E-state index contributed by atoms with van der Waals surface area (Å²) in [7, 11) is 0. The molecule has 1 atom stereocenters. The van der Waals surface area contributed by atoms with Crippen LogP contribution in [0.3, 0.4) is 0 Å². The summed E-state index contributed by atoms with van der Waals surface area (Å²) in [5.41, 5.74) is 8.18. The number of carbonyl (C=O) groups is 1. The summed E-state index contributed by atoms with van der Waals surface area (Å²) in [6, 6.07) is 18.2. The van der Waals surface area contributed by atoms with Crippen molar-refractivity contribution in [3.63, 3.8) is 0 Å². The predicted molar refractivity (Wildman–Crippen MR) is 99.5 cm³/mol. The SMILES string of the molecule is CC1(CN)CCN(C(=O)COc2ccccc2Cc2ccccc2)C1. The van der Waals surface area contributed by atoms with Crippen LogP contribution in [0.1, 0.15) is 24.5 Å². The van der Waals surface area contributed by atoms with Gasteiger partial charge in [0.2, 0.25) is 0 Å². The van der Waals surface area contributed by atoms with Gasteiger partial charge in [-0.1, -0.05) is 55.5 Å². The second-order valence-electron chi connectivity index (χ2n) is 7.14. The molecule has 1 saturated heterocycles. The van der Waals surface area contributed by atoms with Crippen LogP contribution in [0, 0.1) is 5.41 Å². The Labute approximate surface area is 149 Å². The van der Waals surface area contributed by atoms with Gasteiger partial charge in [0, 0.05) is 19.5 Å². The third-order valence-electron chi connectivity index (χ3n) is 4.96. The van der Waals surface area contributed by atoms with E-state index in [1.54, 1.807) is 0 Å². The standard InChI is InChI=1S/C21H26N2O2/c1-21(15-22)11-12-23(16-21)20(24)14-25-19-10-6-5-9-18(19)13-17-7-3-2-4-8-17/h2-10H,11-16,22H2,1H3. The topological polar surface area (TPSA) is 55.6 Å². The fourth-order valence-electron chi connectivity index (χ4n) is 3.24. The summed E-state index contributed by atoms with van der Waals surface area (Å²) in [6.45, 7) is 4.30. The Balaban J connectivity index is 1.61. The molecule has 4 nitrogen and oxygen atoms in total. The van der Waals surface area contributed by atoms with Crippen molar-refractivity contribution in [3.05, 3.63) is 65.7 Å². The molecule has 25 heavy (non-hydrogen) atoms. The van der Waals surface area contributed by atoms with E-state index in [2.05, 4.69) is 19.1 Å². The highest BCUT2D eigenvalue weighted by molar-refractivity contribution is 5.78. The summed E-state index contributed by atoms with van der Waals surface area (Å²) in [5, 5.41) is 0. The molecule has 1 amide bonds. The van der Waals surface area contributed by atoms with Crippen LogP contribution < -0.4 is 10.5 Å². The minimum Gasteiger partial charge on any atom is -0.483 e. The van der Waals surface area contributed by atoms with Gasteiger partial charge < -0.3 is 15.4 Å². The van der Waals surface area contributed by atoms with Crippen molar-refractivity contribution < 1.29 is 9.53 Å². The quantitative estimate of drug-likeness (QED) is 0.881. The third-order valence-corrected chi connectivity index (χ3v) is 4.96. The molecular formula is C21H26N2O2. The van der Waals surface area contributed by atoms with E-state index in [0.29, 0.717) is 6.54 Å². The Morgan fingerprint density at radius 3 is 2.60 bits per heavy atom. The molecule has 4 heteroatoms. The highest BCUT2D eigenvalue weighted by Gasteiger charge is 2.34. The van der Waals surface area contributed by atoms with Crippen molar-refractivity contribution in [2.24, 2.45) is 11.1 Å². The van der Waals surface area contributed by atoms with E-state index >= 15 is 0 Å². The fraction of sp³-hybridized carbons (Fsp3) is 0.381. The first-order chi connectivity index (χ1) is 12.1. The average Bonchev–Trinajstić information content (AvgIpc) is 3.05. The largest absolute Gasteiger partial charge is 0.483 e. The van der Waals surface area contributed by atoms with E-state index < -0.39 is 0 Å². The van der Waals surface area contributed by atoms with Gasteiger partial charge in [0.1, 0.15) is 5.75 Å². The zero-order valence-corrected chi connectivity index (χ0v) is 14.8. The number of carbonyl (C=O) groups excluding carboxylic acids is 1. The number of rotatable bonds is 6. The molecule has 0 aromatic heterocycles. The lowest BCUT2D eigenvalue weighted by molar-refractivity contribution is -0.132. The van der Waals surface area contributed by atoms with E-state index in [0.717, 1.165) is 37.2 Å². The first kappa shape index (κ1) is 17.5. The molecule has 2 N–H and O–H groups in total. The van der Waals surface area contributed by atoms with E-state index in [1.807, 2.05) is 47.4 Å². The summed E-state index contributed by atoms with van der Waals surface area (Å²) in [6.07, 6.45) is 1.75. The molecule has 1 unspecified atom stereocenters. The van der Waals surface area contributed by atoms with Gasteiger partial charge >= 0.3 is 0 Å². The van der Waals surface area contributed by atoms with Crippen LogP contribution in [0.25, 0.3) is 0 Å². The van der Waals surface area contributed by atoms with E-state index in [4.69, 9.17) is 10.5 Å². The number of hydrogen-bond acceptors (Lipinski definition) is 3. The molecule has 1 aliphatic rings. The second kappa shape index (κ2) is 7.70. The zero-order valence-electron chi connectivity index (χ0n) is 14.8. The van der Waals surface area contributed by atoms with Crippen molar-refractivity contribution in [2.75, 3.05) is 26.2 Å². The highest BCUT2D eigenvalue weighted by Crippen LogP contribution is 2.28. The molecule has 3 rings (SSSR count). The Bertz CT molecular complexity index is 717. The molecule has 1 heterocycles. The van der Waals surface area contributed by atoms with Crippen LogP contribution in [-0.4, -0.2) is 37.0 Å². The van der Waals surface area contributed by atoms with Crippen LogP contribution in [0.4, 0.5) is 0 Å². The molecule has 2 aromatic rings. The number of nitrogens with two attached hydrogens (primary N) is 1. The molecule has 0 aliphatic carbocycles. The Morgan fingerprint density at radius 2 is 1.88 bits per heavy atom. The van der Waals surface area contributed by atoms with Crippen molar-refractivity contribution >= 4 is 5.91 Å². The van der Waals surface area contributed by atoms with Crippen LogP contribution in [0.15, 0.2) is 54.6 Å². The van der Waals surface area contributed by atoms with Gasteiger partial charge in [0.25, 0.3) is 5.91 Å². The molecule has 0 bridgehead atoms. The first-order valence-corrected chi connectivity index (χ1v) is 8.82. The molecule has 2 aromatic carbocycles. The van der Waals surface area contributed by atoms with Gasteiger partial charge in [0.15, 0.2) is 6.61 Å². The van der Waals surface area contributed by atoms with Gasteiger partial charge in [0.05, 0.1) is 0 Å². The molecular weight excluding hydrogens is 312 g/mol. The van der Waals surface area contributed by atoms with E-state index in [-0.39, 0.29) is 17.9 Å². The number of likely N-dealkylation sites (tertiary alicyclic amines) is 1. The third kappa shape index (κ3) is 4.40. The van der Waals surface area contributed by atoms with Crippen LogP contribution in [0.5, 0.6) is 5.75 Å². The van der Waals surface area contributed by atoms with Gasteiger partial charge in [-0.2, -0.15) is 0 Å². The van der Waals surface area contributed by atoms with Gasteiger partial charge in [-0.15, -0.1) is 0 Å². The van der Waals surface area contributed by atoms with Crippen molar-refractivity contribution in [3.8, 4) is 5.75 Å². The zero-order chi connectivity index (χ0) is 17.7. The molecule has 1 fully saturated rings. The monoisotopic (exact) mass is 338 g/mol. The maximum atomic E-state index is 12.5. The highest BCUT2D eigenvalue weighted by atomic mass is 16.5. The van der Waals surface area contributed by atoms with Crippen molar-refractivity contribution in [1.29, 1.82) is 0 Å². The maximum Gasteiger partial charge on any atom is 0.260 e. The lowest BCUT2D eigenvalue weighted by Gasteiger charge is -2.22. The molecule has 0 spiro atoms. The molecule has 0 radical (unpaired) electrons. The van der Waals surface area contributed by atoms with E-state index in [9.17, 15) is 4.79 Å². The number of amides is 1. The number of ether oxygens (including phenoxy) is 1. The predicted octanol–water partition coefficient (Wildman–Crippen LogP) is 2.85. The second-order valence-corrected chi connectivity index (χ2v) is 7.14. The summed E-state index contributed by atoms with van der Waals surface area (Å²) >= 11 is 0. The number of nitrogens with zero attached hydrogens (tertiary/aromatic N) is 1. The van der Waals surface area contributed by atoms with Crippen LogP contribution >= 0.6 is 0 Å². The minimum atomic E-state index is 0.0340. The van der Waals surface area contributed by atoms with Gasteiger partial charge in [-0.3, -0.25) is 4.79 Å². The van der Waals surface area contributed by atoms with Crippen molar-refractivity contribution in [1.82, 2.24) is 4.90 Å². The average molecular weight is 338 g/mol. The summed E-state index contributed by atoms with van der Waals surface area (Å²) in [5.74, 6) is 0.812. The molecule has 1 aliphatic heterocycles. The normalized spacial score (nSPS) is 19.8. The van der Waals surface area contributed by atoms with Crippen LogP contribution in [0.2, 0.25) is 0 Å². The minimum absolute atomic E-state index is 0.0340. The summed E-state index contributed by atoms with van der Waals surface area (Å²) < 4.78 is 5.86. The summed E-state index contributed by atoms with van der Waals surface area (Å²) in [4.78, 5) is 14.3. The lowest BCUT2D eigenvalue weighted by Crippen LogP contribution is -2.36. The maximum absolute atomic E-state index is 12.5. The van der Waals surface area contributed by atoms with Crippen LogP contribution in [-0.2, 0) is 11.2 Å². The smallest absolute Gasteiger partial charge is 0.260 e. The Morgan fingerprint density at radius 1 is 1.16 bits per heavy atom. The fourth-order valence-corrected chi connectivity index (χ4v) is 3.24. The number of para-hydroxylation sites is 1. The van der Waals surface area contributed by atoms with E-state index in [1.165, 1.54) is 5.56 Å². The van der Waals surface area contributed by atoms with Gasteiger partial charge in [-0.05, 0) is 35.6 Å². The Kier molecular flexibility index (Phi) is 5.39. The Hall–Kier alpha value is -2.33. The number of hydrogen-bond donors (Lipinski definition) is 1. The van der Waals surface area contributed by atoms with Crippen molar-refractivity contribution in [2.45, 2.75) is 19.8 Å². The number of benzene rings is 2. The lowest BCUT2D eigenvalue weighted by atomic mass is 9.90. The molecule has 132 valence electrons. The first-order valence-electron chi connectivity index (χ1n) is 8.82. The molecule has 0 saturated carbocycles. The van der Waals surface area contributed by atoms with Gasteiger partial charge in [-0.25, -0.2) is 0 Å².